The fourth-order valence-electron chi connectivity index (χ4n) is 2.34. The van der Waals surface area contributed by atoms with Gasteiger partial charge >= 0.3 is 0 Å². The maximum Gasteiger partial charge on any atom is 0.271 e. The fraction of sp³-hybridized carbons (Fsp3) is 0.571. The molecule has 1 amide bonds. The quantitative estimate of drug-likeness (QED) is 0.880. The van der Waals surface area contributed by atoms with Crippen LogP contribution in [0.3, 0.4) is 0 Å². The van der Waals surface area contributed by atoms with E-state index in [1.807, 2.05) is 13.8 Å². The van der Waals surface area contributed by atoms with Gasteiger partial charge in [0.25, 0.3) is 5.91 Å². The summed E-state index contributed by atoms with van der Waals surface area (Å²) in [6.07, 6.45) is 0.739. The van der Waals surface area contributed by atoms with Crippen LogP contribution in [-0.2, 0) is 6.42 Å². The molecule has 1 aliphatic rings. The number of aromatic amines is 1. The van der Waals surface area contributed by atoms with E-state index in [0.29, 0.717) is 29.8 Å². The molecule has 0 aromatic carbocycles. The lowest BCUT2D eigenvalue weighted by atomic mass is 9.88. The average Bonchev–Trinajstić information content (AvgIpc) is 2.99. The minimum atomic E-state index is -0.161. The maximum absolute atomic E-state index is 12.1. The van der Waals surface area contributed by atoms with Crippen molar-refractivity contribution in [2.45, 2.75) is 40.0 Å². The molecule has 0 aliphatic carbocycles. The highest BCUT2D eigenvalue weighted by Crippen LogP contribution is 2.27. The van der Waals surface area contributed by atoms with Crippen LogP contribution in [0.1, 0.15) is 55.7 Å². The number of rotatable bonds is 2. The SMILES string of the molecule is CC(C)c1nc(-c2nc3c([nH]2)CC(C)(C)CNC3=O)no1. The number of aromatic nitrogens is 4. The highest BCUT2D eigenvalue weighted by Gasteiger charge is 2.30. The van der Waals surface area contributed by atoms with Gasteiger partial charge in [-0.15, -0.1) is 0 Å². The lowest BCUT2D eigenvalue weighted by molar-refractivity contribution is 0.0940. The zero-order valence-electron chi connectivity index (χ0n) is 12.6. The van der Waals surface area contributed by atoms with E-state index in [0.717, 1.165) is 12.1 Å². The van der Waals surface area contributed by atoms with Crippen molar-refractivity contribution in [1.82, 2.24) is 25.4 Å². The van der Waals surface area contributed by atoms with Gasteiger partial charge in [0.05, 0.1) is 0 Å². The van der Waals surface area contributed by atoms with Crippen LogP contribution in [0, 0.1) is 5.41 Å². The van der Waals surface area contributed by atoms with Gasteiger partial charge in [0.2, 0.25) is 11.7 Å². The molecule has 0 radical (unpaired) electrons. The molecular formula is C14H19N5O2. The van der Waals surface area contributed by atoms with Crippen molar-refractivity contribution in [2.24, 2.45) is 5.41 Å². The summed E-state index contributed by atoms with van der Waals surface area (Å²) in [5.41, 5.74) is 1.22. The predicted molar refractivity (Wildman–Crippen MR) is 75.8 cm³/mol. The van der Waals surface area contributed by atoms with Crippen LogP contribution >= 0.6 is 0 Å². The molecule has 0 spiro atoms. The van der Waals surface area contributed by atoms with Crippen LogP contribution in [0.25, 0.3) is 11.6 Å². The van der Waals surface area contributed by atoms with Crippen LogP contribution in [-0.4, -0.2) is 32.6 Å². The summed E-state index contributed by atoms with van der Waals surface area (Å²) in [4.78, 5) is 23.9. The Kier molecular flexibility index (Phi) is 3.07. The second kappa shape index (κ2) is 4.68. The summed E-state index contributed by atoms with van der Waals surface area (Å²) in [6, 6.07) is 0. The van der Waals surface area contributed by atoms with Crippen molar-refractivity contribution in [2.75, 3.05) is 6.54 Å². The average molecular weight is 289 g/mol. The van der Waals surface area contributed by atoms with E-state index in [1.165, 1.54) is 0 Å². The van der Waals surface area contributed by atoms with E-state index in [9.17, 15) is 4.79 Å². The van der Waals surface area contributed by atoms with Crippen molar-refractivity contribution in [3.63, 3.8) is 0 Å². The van der Waals surface area contributed by atoms with Gasteiger partial charge in [-0.1, -0.05) is 32.9 Å². The predicted octanol–water partition coefficient (Wildman–Crippen LogP) is 1.90. The maximum atomic E-state index is 12.1. The summed E-state index contributed by atoms with van der Waals surface area (Å²) in [6.45, 7) is 8.79. The van der Waals surface area contributed by atoms with Gasteiger partial charge in [-0.2, -0.15) is 4.98 Å². The number of H-pyrrole nitrogens is 1. The van der Waals surface area contributed by atoms with Gasteiger partial charge in [0.1, 0.15) is 5.69 Å². The second-order valence-corrected chi connectivity index (χ2v) is 6.55. The second-order valence-electron chi connectivity index (χ2n) is 6.55. The third-order valence-corrected chi connectivity index (χ3v) is 3.52. The van der Waals surface area contributed by atoms with Crippen LogP contribution in [0.5, 0.6) is 0 Å². The Morgan fingerprint density at radius 1 is 1.29 bits per heavy atom. The number of fused-ring (bicyclic) bond motifs is 1. The number of nitrogens with zero attached hydrogens (tertiary/aromatic N) is 3. The Balaban J connectivity index is 1.99. The van der Waals surface area contributed by atoms with E-state index in [2.05, 4.69) is 39.3 Å². The number of carbonyl (C=O) groups is 1. The van der Waals surface area contributed by atoms with Crippen molar-refractivity contribution >= 4 is 5.91 Å². The highest BCUT2D eigenvalue weighted by molar-refractivity contribution is 5.94. The first-order valence-electron chi connectivity index (χ1n) is 7.07. The molecule has 2 aromatic heterocycles. The Hall–Kier alpha value is -2.18. The van der Waals surface area contributed by atoms with E-state index in [4.69, 9.17) is 4.52 Å². The zero-order chi connectivity index (χ0) is 15.2. The van der Waals surface area contributed by atoms with Crippen LogP contribution in [0.4, 0.5) is 0 Å². The number of carbonyl (C=O) groups excluding carboxylic acids is 1. The Morgan fingerprint density at radius 3 is 2.71 bits per heavy atom. The van der Waals surface area contributed by atoms with Crippen molar-refractivity contribution < 1.29 is 9.32 Å². The lowest BCUT2D eigenvalue weighted by Gasteiger charge is -2.21. The summed E-state index contributed by atoms with van der Waals surface area (Å²) in [7, 11) is 0. The molecule has 3 rings (SSSR count). The molecule has 0 unspecified atom stereocenters. The monoisotopic (exact) mass is 289 g/mol. The molecule has 3 heterocycles. The molecule has 0 atom stereocenters. The summed E-state index contributed by atoms with van der Waals surface area (Å²) in [5.74, 6) is 1.41. The molecular weight excluding hydrogens is 270 g/mol. The lowest BCUT2D eigenvalue weighted by Crippen LogP contribution is -2.32. The van der Waals surface area contributed by atoms with Gasteiger partial charge in [0.15, 0.2) is 5.82 Å². The Labute approximate surface area is 122 Å². The number of hydrogen-bond donors (Lipinski definition) is 2. The Bertz CT molecular complexity index is 683. The van der Waals surface area contributed by atoms with Gasteiger partial charge in [0, 0.05) is 18.2 Å². The molecule has 0 fully saturated rings. The minimum Gasteiger partial charge on any atom is -0.350 e. The number of hydrogen-bond acceptors (Lipinski definition) is 5. The first-order chi connectivity index (χ1) is 9.85. The normalized spacial score (nSPS) is 17.5. The van der Waals surface area contributed by atoms with E-state index >= 15 is 0 Å². The summed E-state index contributed by atoms with van der Waals surface area (Å²) < 4.78 is 5.18. The van der Waals surface area contributed by atoms with Crippen LogP contribution in [0.2, 0.25) is 0 Å². The van der Waals surface area contributed by atoms with Crippen molar-refractivity contribution in [1.29, 1.82) is 0 Å². The first-order valence-corrected chi connectivity index (χ1v) is 7.07. The largest absolute Gasteiger partial charge is 0.350 e. The molecule has 0 bridgehead atoms. The third kappa shape index (κ3) is 2.55. The molecule has 2 N–H and O–H groups in total. The van der Waals surface area contributed by atoms with Gasteiger partial charge < -0.3 is 14.8 Å². The van der Waals surface area contributed by atoms with Crippen molar-refractivity contribution in [3.05, 3.63) is 17.3 Å². The van der Waals surface area contributed by atoms with E-state index < -0.39 is 0 Å². The van der Waals surface area contributed by atoms with Crippen LogP contribution in [0.15, 0.2) is 4.52 Å². The summed E-state index contributed by atoms with van der Waals surface area (Å²) in [5, 5.41) is 6.82. The van der Waals surface area contributed by atoms with E-state index in [-0.39, 0.29) is 17.2 Å². The molecule has 0 saturated heterocycles. The smallest absolute Gasteiger partial charge is 0.271 e. The Morgan fingerprint density at radius 2 is 2.05 bits per heavy atom. The van der Waals surface area contributed by atoms with Gasteiger partial charge in [-0.3, -0.25) is 4.79 Å². The molecule has 21 heavy (non-hydrogen) atoms. The minimum absolute atomic E-state index is 0.0228. The molecule has 7 heteroatoms. The van der Waals surface area contributed by atoms with Gasteiger partial charge in [-0.25, -0.2) is 4.98 Å². The number of nitrogens with one attached hydrogen (secondary N) is 2. The highest BCUT2D eigenvalue weighted by atomic mass is 16.5. The number of amides is 1. The zero-order valence-corrected chi connectivity index (χ0v) is 12.6. The standard InChI is InChI=1S/C14H19N5O2/c1-7(2)13-18-11(19-21-13)10-16-8-5-14(3,4)6-15-12(20)9(8)17-10/h7H,5-6H2,1-4H3,(H,15,20)(H,16,17). The topological polar surface area (TPSA) is 96.7 Å². The third-order valence-electron chi connectivity index (χ3n) is 3.52. The van der Waals surface area contributed by atoms with Crippen LogP contribution < -0.4 is 5.32 Å². The van der Waals surface area contributed by atoms with Gasteiger partial charge in [-0.05, 0) is 11.8 Å². The molecule has 2 aromatic rings. The molecule has 1 aliphatic heterocycles. The van der Waals surface area contributed by atoms with Crippen molar-refractivity contribution in [3.8, 4) is 11.6 Å². The molecule has 7 nitrogen and oxygen atoms in total. The fourth-order valence-corrected chi connectivity index (χ4v) is 2.34. The summed E-state index contributed by atoms with van der Waals surface area (Å²) >= 11 is 0. The first kappa shape index (κ1) is 13.8. The molecule has 112 valence electrons. The van der Waals surface area contributed by atoms with E-state index in [1.54, 1.807) is 0 Å². The number of imidazole rings is 1. The molecule has 0 saturated carbocycles.